The van der Waals surface area contributed by atoms with Gasteiger partial charge in [-0.05, 0) is 31.5 Å². The number of benzene rings is 1. The predicted octanol–water partition coefficient (Wildman–Crippen LogP) is 2.52. The van der Waals surface area contributed by atoms with Crippen LogP contribution in [0.3, 0.4) is 0 Å². The van der Waals surface area contributed by atoms with Crippen LogP contribution in [0.15, 0.2) is 22.7 Å². The average Bonchev–Trinajstić information content (AvgIpc) is 2.27. The van der Waals surface area contributed by atoms with Gasteiger partial charge < -0.3 is 15.4 Å². The Labute approximate surface area is 111 Å². The molecule has 0 amide bonds. The van der Waals surface area contributed by atoms with Crippen molar-refractivity contribution in [3.8, 4) is 0 Å². The first-order valence-electron chi connectivity index (χ1n) is 5.99. The Balaban J connectivity index is 2.19. The summed E-state index contributed by atoms with van der Waals surface area (Å²) < 4.78 is 6.83. The molecule has 2 atom stereocenters. The zero-order chi connectivity index (χ0) is 12.4. The predicted molar refractivity (Wildman–Crippen MR) is 74.3 cm³/mol. The average molecular weight is 299 g/mol. The minimum Gasteiger partial charge on any atom is -0.372 e. The zero-order valence-electron chi connectivity index (χ0n) is 10.3. The second-order valence-corrected chi connectivity index (χ2v) is 5.50. The van der Waals surface area contributed by atoms with Gasteiger partial charge in [-0.2, -0.15) is 0 Å². The molecule has 3 nitrogen and oxygen atoms in total. The smallest absolute Gasteiger partial charge is 0.0726 e. The normalized spacial score (nSPS) is 25.1. The Bertz CT molecular complexity index is 387. The Kier molecular flexibility index (Phi) is 4.07. The summed E-state index contributed by atoms with van der Waals surface area (Å²) in [5, 5.41) is 0. The van der Waals surface area contributed by atoms with Crippen molar-refractivity contribution < 1.29 is 4.74 Å². The monoisotopic (exact) mass is 298 g/mol. The van der Waals surface area contributed by atoms with E-state index in [0.29, 0.717) is 6.54 Å². The molecular formula is C13H19BrN2O. The number of hydrogen-bond donors (Lipinski definition) is 1. The molecule has 1 aliphatic heterocycles. The topological polar surface area (TPSA) is 38.5 Å². The van der Waals surface area contributed by atoms with Crippen LogP contribution in [0.1, 0.15) is 19.4 Å². The Morgan fingerprint density at radius 1 is 1.35 bits per heavy atom. The van der Waals surface area contributed by atoms with Gasteiger partial charge in [-0.3, -0.25) is 0 Å². The molecule has 2 N–H and O–H groups in total. The van der Waals surface area contributed by atoms with Gasteiger partial charge in [-0.25, -0.2) is 0 Å². The number of nitrogens with zero attached hydrogens (tertiary/aromatic N) is 1. The van der Waals surface area contributed by atoms with E-state index >= 15 is 0 Å². The molecule has 1 fully saturated rings. The molecule has 1 aromatic carbocycles. The van der Waals surface area contributed by atoms with Crippen molar-refractivity contribution in [2.75, 3.05) is 18.0 Å². The molecular weight excluding hydrogens is 280 g/mol. The van der Waals surface area contributed by atoms with Gasteiger partial charge in [0, 0.05) is 29.8 Å². The van der Waals surface area contributed by atoms with E-state index in [2.05, 4.69) is 52.9 Å². The van der Waals surface area contributed by atoms with Crippen LogP contribution in [0, 0.1) is 0 Å². The summed E-state index contributed by atoms with van der Waals surface area (Å²) in [6.45, 7) is 6.69. The maximum absolute atomic E-state index is 5.74. The number of nitrogens with two attached hydrogens (primary N) is 1. The number of ether oxygens (including phenoxy) is 1. The minimum absolute atomic E-state index is 0.284. The van der Waals surface area contributed by atoms with Crippen LogP contribution in [-0.4, -0.2) is 25.3 Å². The number of halogens is 1. The van der Waals surface area contributed by atoms with Gasteiger partial charge in [0.2, 0.25) is 0 Å². The van der Waals surface area contributed by atoms with E-state index in [9.17, 15) is 0 Å². The van der Waals surface area contributed by atoms with Crippen molar-refractivity contribution in [2.24, 2.45) is 5.73 Å². The first-order valence-corrected chi connectivity index (χ1v) is 6.78. The Hall–Kier alpha value is -0.580. The van der Waals surface area contributed by atoms with E-state index in [-0.39, 0.29) is 12.2 Å². The van der Waals surface area contributed by atoms with Crippen molar-refractivity contribution in [3.63, 3.8) is 0 Å². The summed E-state index contributed by atoms with van der Waals surface area (Å²) in [4.78, 5) is 2.36. The van der Waals surface area contributed by atoms with Gasteiger partial charge in [0.15, 0.2) is 0 Å². The molecule has 0 aromatic heterocycles. The van der Waals surface area contributed by atoms with Crippen LogP contribution in [-0.2, 0) is 11.3 Å². The van der Waals surface area contributed by atoms with Crippen molar-refractivity contribution in [3.05, 3.63) is 28.2 Å². The maximum Gasteiger partial charge on any atom is 0.0726 e. The molecule has 4 heteroatoms. The van der Waals surface area contributed by atoms with E-state index in [0.717, 1.165) is 23.1 Å². The third-order valence-electron chi connectivity index (χ3n) is 3.04. The molecule has 1 saturated heterocycles. The SMILES string of the molecule is C[C@@H]1CN(c2ccc(CN)c(Br)c2)C[C@H](C)O1. The molecule has 0 unspecified atom stereocenters. The first kappa shape index (κ1) is 12.9. The van der Waals surface area contributed by atoms with E-state index < -0.39 is 0 Å². The zero-order valence-corrected chi connectivity index (χ0v) is 11.9. The first-order chi connectivity index (χ1) is 8.10. The lowest BCUT2D eigenvalue weighted by molar-refractivity contribution is -0.00521. The number of hydrogen-bond acceptors (Lipinski definition) is 3. The summed E-state index contributed by atoms with van der Waals surface area (Å²) in [7, 11) is 0. The lowest BCUT2D eigenvalue weighted by atomic mass is 10.1. The molecule has 0 spiro atoms. The van der Waals surface area contributed by atoms with Gasteiger partial charge in [0.25, 0.3) is 0 Å². The van der Waals surface area contributed by atoms with Gasteiger partial charge in [-0.1, -0.05) is 22.0 Å². The highest BCUT2D eigenvalue weighted by Crippen LogP contribution is 2.26. The summed E-state index contributed by atoms with van der Waals surface area (Å²) in [5.41, 5.74) is 8.03. The number of morpholine rings is 1. The Morgan fingerprint density at radius 3 is 2.53 bits per heavy atom. The highest BCUT2D eigenvalue weighted by Gasteiger charge is 2.22. The van der Waals surface area contributed by atoms with Crippen molar-refractivity contribution >= 4 is 21.6 Å². The second kappa shape index (κ2) is 5.38. The van der Waals surface area contributed by atoms with Crippen LogP contribution in [0.5, 0.6) is 0 Å². The van der Waals surface area contributed by atoms with Gasteiger partial charge in [0.1, 0.15) is 0 Å². The second-order valence-electron chi connectivity index (χ2n) is 4.64. The lowest BCUT2D eigenvalue weighted by Crippen LogP contribution is -2.45. The summed E-state index contributed by atoms with van der Waals surface area (Å²) in [5.74, 6) is 0. The van der Waals surface area contributed by atoms with Crippen molar-refractivity contribution in [1.82, 2.24) is 0 Å². The van der Waals surface area contributed by atoms with Crippen LogP contribution >= 0.6 is 15.9 Å². The number of anilines is 1. The fraction of sp³-hybridized carbons (Fsp3) is 0.538. The molecule has 1 aliphatic rings. The van der Waals surface area contributed by atoms with Gasteiger partial charge in [0.05, 0.1) is 12.2 Å². The molecule has 2 rings (SSSR count). The quantitative estimate of drug-likeness (QED) is 0.912. The summed E-state index contributed by atoms with van der Waals surface area (Å²) in [6.07, 6.45) is 0.568. The summed E-state index contributed by atoms with van der Waals surface area (Å²) >= 11 is 3.57. The van der Waals surface area contributed by atoms with Crippen LogP contribution in [0.25, 0.3) is 0 Å². The molecule has 0 radical (unpaired) electrons. The molecule has 0 aliphatic carbocycles. The third kappa shape index (κ3) is 3.00. The van der Waals surface area contributed by atoms with Crippen LogP contribution in [0.4, 0.5) is 5.69 Å². The van der Waals surface area contributed by atoms with Crippen molar-refractivity contribution in [1.29, 1.82) is 0 Å². The maximum atomic E-state index is 5.74. The number of rotatable bonds is 2. The fourth-order valence-electron chi connectivity index (χ4n) is 2.29. The highest BCUT2D eigenvalue weighted by molar-refractivity contribution is 9.10. The van der Waals surface area contributed by atoms with E-state index in [1.807, 2.05) is 0 Å². The molecule has 17 heavy (non-hydrogen) atoms. The summed E-state index contributed by atoms with van der Waals surface area (Å²) in [6, 6.07) is 6.37. The molecule has 0 saturated carbocycles. The van der Waals surface area contributed by atoms with E-state index in [4.69, 9.17) is 10.5 Å². The molecule has 1 aromatic rings. The van der Waals surface area contributed by atoms with Gasteiger partial charge in [-0.15, -0.1) is 0 Å². The molecule has 94 valence electrons. The van der Waals surface area contributed by atoms with E-state index in [1.165, 1.54) is 5.69 Å². The Morgan fingerprint density at radius 2 is 2.00 bits per heavy atom. The van der Waals surface area contributed by atoms with Crippen LogP contribution in [0.2, 0.25) is 0 Å². The third-order valence-corrected chi connectivity index (χ3v) is 3.78. The minimum atomic E-state index is 0.284. The highest BCUT2D eigenvalue weighted by atomic mass is 79.9. The van der Waals surface area contributed by atoms with Crippen LogP contribution < -0.4 is 10.6 Å². The van der Waals surface area contributed by atoms with Crippen molar-refractivity contribution in [2.45, 2.75) is 32.6 Å². The van der Waals surface area contributed by atoms with Gasteiger partial charge >= 0.3 is 0 Å². The largest absolute Gasteiger partial charge is 0.372 e. The fourth-order valence-corrected chi connectivity index (χ4v) is 2.82. The van der Waals surface area contributed by atoms with E-state index in [1.54, 1.807) is 0 Å². The molecule has 1 heterocycles. The lowest BCUT2D eigenvalue weighted by Gasteiger charge is -2.37. The standard InChI is InChI=1S/C13H19BrN2O/c1-9-7-16(8-10(2)17-9)12-4-3-11(6-15)13(14)5-12/h3-5,9-10H,6-8,15H2,1-2H3/t9-,10+. The molecule has 0 bridgehead atoms.